The fraction of sp³-hybridized carbons (Fsp3) is 0.316. The van der Waals surface area contributed by atoms with Gasteiger partial charge in [-0.05, 0) is 37.2 Å². The molecule has 0 bridgehead atoms. The van der Waals surface area contributed by atoms with Crippen LogP contribution < -0.4 is 19.5 Å². The summed E-state index contributed by atoms with van der Waals surface area (Å²) >= 11 is 0. The van der Waals surface area contributed by atoms with E-state index < -0.39 is 11.7 Å². The number of ether oxygens (including phenoxy) is 3. The van der Waals surface area contributed by atoms with Gasteiger partial charge in [-0.25, -0.2) is 4.39 Å². The molecule has 0 aliphatic carbocycles. The van der Waals surface area contributed by atoms with Crippen molar-refractivity contribution < 1.29 is 23.4 Å². The summed E-state index contributed by atoms with van der Waals surface area (Å²) in [6.07, 6.45) is 0.734. The summed E-state index contributed by atoms with van der Waals surface area (Å²) in [5.74, 6) is 0.753. The Balaban J connectivity index is 1.80. The predicted octanol–water partition coefficient (Wildman–Crippen LogP) is 2.80. The van der Waals surface area contributed by atoms with E-state index in [0.29, 0.717) is 29.5 Å². The first-order valence-electron chi connectivity index (χ1n) is 8.35. The predicted molar refractivity (Wildman–Crippen MR) is 93.5 cm³/mol. The molecule has 26 heavy (non-hydrogen) atoms. The average Bonchev–Trinajstić information content (AvgIpc) is 3.11. The van der Waals surface area contributed by atoms with Gasteiger partial charge in [-0.2, -0.15) is 0 Å². The van der Waals surface area contributed by atoms with Crippen molar-refractivity contribution in [1.29, 1.82) is 0 Å². The van der Waals surface area contributed by atoms with Crippen LogP contribution in [0.25, 0.3) is 0 Å². The molecule has 7 heteroatoms. The highest BCUT2D eigenvalue weighted by molar-refractivity contribution is 6.06. The highest BCUT2D eigenvalue weighted by Crippen LogP contribution is 2.52. The number of nitrogens with one attached hydrogen (secondary N) is 1. The van der Waals surface area contributed by atoms with E-state index in [1.165, 1.54) is 18.2 Å². The largest absolute Gasteiger partial charge is 0.492 e. The number of likely N-dealkylation sites (N-methyl/N-ethyl adjacent to an activating group) is 1. The van der Waals surface area contributed by atoms with Gasteiger partial charge in [0.1, 0.15) is 5.82 Å². The van der Waals surface area contributed by atoms with Crippen LogP contribution in [0.3, 0.4) is 0 Å². The zero-order valence-corrected chi connectivity index (χ0v) is 14.6. The van der Waals surface area contributed by atoms with E-state index in [-0.39, 0.29) is 12.4 Å². The van der Waals surface area contributed by atoms with E-state index in [4.69, 9.17) is 14.2 Å². The molecule has 136 valence electrons. The second-order valence-electron chi connectivity index (χ2n) is 6.38. The summed E-state index contributed by atoms with van der Waals surface area (Å²) in [5, 5.41) is 2.90. The third-order valence-electron chi connectivity index (χ3n) is 4.69. The van der Waals surface area contributed by atoms with E-state index in [0.717, 1.165) is 24.1 Å². The normalized spacial score (nSPS) is 15.5. The van der Waals surface area contributed by atoms with Crippen LogP contribution in [0.1, 0.15) is 21.5 Å². The van der Waals surface area contributed by atoms with E-state index >= 15 is 0 Å². The first-order valence-corrected chi connectivity index (χ1v) is 8.35. The van der Waals surface area contributed by atoms with E-state index in [2.05, 4.69) is 10.2 Å². The molecule has 0 spiro atoms. The summed E-state index contributed by atoms with van der Waals surface area (Å²) in [7, 11) is 3.62. The molecule has 0 aromatic heterocycles. The third kappa shape index (κ3) is 2.74. The first-order chi connectivity index (χ1) is 12.6. The molecule has 2 aromatic carbocycles. The van der Waals surface area contributed by atoms with Crippen molar-refractivity contribution in [3.8, 4) is 17.2 Å². The lowest BCUT2D eigenvalue weighted by molar-refractivity contribution is 0.102. The van der Waals surface area contributed by atoms with Gasteiger partial charge >= 0.3 is 0 Å². The Morgan fingerprint density at radius 2 is 2.08 bits per heavy atom. The molecule has 2 aliphatic heterocycles. The molecule has 6 nitrogen and oxygen atoms in total. The molecule has 0 unspecified atom stereocenters. The lowest BCUT2D eigenvalue weighted by atomic mass is 9.95. The molecule has 2 aromatic rings. The Bertz CT molecular complexity index is 884. The molecule has 0 radical (unpaired) electrons. The number of fused-ring (bicyclic) bond motifs is 2. The van der Waals surface area contributed by atoms with Crippen LogP contribution in [-0.2, 0) is 13.0 Å². The molecule has 1 N–H and O–H groups in total. The minimum atomic E-state index is -0.458. The molecule has 0 saturated carbocycles. The van der Waals surface area contributed by atoms with E-state index in [9.17, 15) is 9.18 Å². The lowest BCUT2D eigenvalue weighted by Crippen LogP contribution is -2.28. The number of hydrogen-bond donors (Lipinski definition) is 1. The van der Waals surface area contributed by atoms with Crippen LogP contribution in [0.4, 0.5) is 10.1 Å². The molecule has 0 atom stereocenters. The Morgan fingerprint density at radius 3 is 2.85 bits per heavy atom. The number of carbonyl (C=O) groups is 1. The zero-order valence-electron chi connectivity index (χ0n) is 14.6. The second-order valence-corrected chi connectivity index (χ2v) is 6.38. The monoisotopic (exact) mass is 358 g/mol. The molecule has 0 fully saturated rings. The number of hydrogen-bond acceptors (Lipinski definition) is 5. The molecule has 2 aliphatic rings. The maximum Gasteiger partial charge on any atom is 0.255 e. The van der Waals surface area contributed by atoms with Crippen molar-refractivity contribution in [1.82, 2.24) is 4.90 Å². The summed E-state index contributed by atoms with van der Waals surface area (Å²) < 4.78 is 30.2. The van der Waals surface area contributed by atoms with Gasteiger partial charge < -0.3 is 24.4 Å². The minimum absolute atomic E-state index is 0.0628. The van der Waals surface area contributed by atoms with Gasteiger partial charge in [0.05, 0.1) is 12.8 Å². The number of rotatable bonds is 3. The minimum Gasteiger partial charge on any atom is -0.492 e. The van der Waals surface area contributed by atoms with Crippen LogP contribution in [0, 0.1) is 5.82 Å². The van der Waals surface area contributed by atoms with Crippen LogP contribution >= 0.6 is 0 Å². The van der Waals surface area contributed by atoms with Crippen molar-refractivity contribution in [2.45, 2.75) is 13.0 Å². The van der Waals surface area contributed by atoms with Gasteiger partial charge in [-0.3, -0.25) is 4.79 Å². The zero-order chi connectivity index (χ0) is 18.3. The Kier molecular flexibility index (Phi) is 4.16. The van der Waals surface area contributed by atoms with Crippen LogP contribution in [0.15, 0.2) is 24.3 Å². The van der Waals surface area contributed by atoms with Gasteiger partial charge in [0, 0.05) is 24.2 Å². The quantitative estimate of drug-likeness (QED) is 0.914. The number of amides is 1. The van der Waals surface area contributed by atoms with Crippen molar-refractivity contribution in [2.24, 2.45) is 0 Å². The first kappa shape index (κ1) is 16.7. The van der Waals surface area contributed by atoms with Crippen molar-refractivity contribution in [3.63, 3.8) is 0 Å². The number of nitrogens with zero attached hydrogens (tertiary/aromatic N) is 1. The summed E-state index contributed by atoms with van der Waals surface area (Å²) in [6.45, 7) is 1.59. The standard InChI is InChI=1S/C19H19FN2O4/c1-22-7-6-13-14(9-22)16(24-2)18-17(25-10-26-18)15(13)21-19(23)11-4-3-5-12(20)8-11/h3-5,8H,6-7,9-10H2,1-2H3,(H,21,23). The van der Waals surface area contributed by atoms with Crippen LogP contribution in [0.2, 0.25) is 0 Å². The molecule has 1 amide bonds. The summed E-state index contributed by atoms with van der Waals surface area (Å²) in [6, 6.07) is 5.58. The Morgan fingerprint density at radius 1 is 1.27 bits per heavy atom. The van der Waals surface area contributed by atoms with Crippen LogP contribution in [-0.4, -0.2) is 38.3 Å². The Labute approximate surface area is 150 Å². The summed E-state index contributed by atoms with van der Waals surface area (Å²) in [5.41, 5.74) is 2.76. The van der Waals surface area contributed by atoms with Gasteiger partial charge in [-0.1, -0.05) is 6.07 Å². The SMILES string of the molecule is COc1c2c(c(NC(=O)c3cccc(F)c3)c3c1OCO3)CCN(C)C2. The lowest BCUT2D eigenvalue weighted by Gasteiger charge is -2.29. The van der Waals surface area contributed by atoms with Crippen molar-refractivity contribution in [3.05, 3.63) is 46.8 Å². The second kappa shape index (κ2) is 6.49. The average molecular weight is 358 g/mol. The molecule has 4 rings (SSSR count). The van der Waals surface area contributed by atoms with Crippen LogP contribution in [0.5, 0.6) is 17.2 Å². The van der Waals surface area contributed by atoms with Gasteiger partial charge in [0.25, 0.3) is 5.91 Å². The number of carbonyl (C=O) groups excluding carboxylic acids is 1. The topological polar surface area (TPSA) is 60.0 Å². The van der Waals surface area contributed by atoms with Gasteiger partial charge in [-0.15, -0.1) is 0 Å². The number of anilines is 1. The molecule has 2 heterocycles. The molecular formula is C19H19FN2O4. The van der Waals surface area contributed by atoms with Crippen molar-refractivity contribution >= 4 is 11.6 Å². The highest BCUT2D eigenvalue weighted by atomic mass is 19.1. The highest BCUT2D eigenvalue weighted by Gasteiger charge is 2.33. The maximum atomic E-state index is 13.5. The molecule has 0 saturated heterocycles. The van der Waals surface area contributed by atoms with Crippen molar-refractivity contribution in [2.75, 3.05) is 32.8 Å². The summed E-state index contributed by atoms with van der Waals surface area (Å²) in [4.78, 5) is 14.8. The number of benzene rings is 2. The number of methoxy groups -OCH3 is 1. The smallest absolute Gasteiger partial charge is 0.255 e. The third-order valence-corrected chi connectivity index (χ3v) is 4.69. The Hall–Kier alpha value is -2.80. The maximum absolute atomic E-state index is 13.5. The fourth-order valence-corrected chi connectivity index (χ4v) is 3.45. The van der Waals surface area contributed by atoms with E-state index in [1.807, 2.05) is 7.05 Å². The fourth-order valence-electron chi connectivity index (χ4n) is 3.45. The number of halogens is 1. The van der Waals surface area contributed by atoms with E-state index in [1.54, 1.807) is 13.2 Å². The molecular weight excluding hydrogens is 339 g/mol. The van der Waals surface area contributed by atoms with Gasteiger partial charge in [0.15, 0.2) is 11.5 Å². The van der Waals surface area contributed by atoms with Gasteiger partial charge in [0.2, 0.25) is 12.5 Å².